The van der Waals surface area contributed by atoms with E-state index in [0.717, 1.165) is 21.6 Å². The highest BCUT2D eigenvalue weighted by molar-refractivity contribution is 6.14. The van der Waals surface area contributed by atoms with Crippen LogP contribution in [0.3, 0.4) is 0 Å². The number of carbonyl (C=O) groups is 1. The van der Waals surface area contributed by atoms with Crippen LogP contribution >= 0.6 is 12.4 Å². The molecule has 25 heavy (non-hydrogen) atoms. The number of benzene rings is 2. The lowest BCUT2D eigenvalue weighted by Crippen LogP contribution is -2.46. The molecule has 0 unspecified atom stereocenters. The van der Waals surface area contributed by atoms with Crippen LogP contribution in [0.4, 0.5) is 10.5 Å². The summed E-state index contributed by atoms with van der Waals surface area (Å²) in [6.45, 7) is 4.18. The van der Waals surface area contributed by atoms with E-state index in [0.29, 0.717) is 18.0 Å². The van der Waals surface area contributed by atoms with Crippen LogP contribution in [0, 0.1) is 19.3 Å². The molecule has 4 N–H and O–H groups in total. The molecule has 2 aromatic rings. The van der Waals surface area contributed by atoms with Gasteiger partial charge in [-0.2, -0.15) is 0 Å². The SMILES string of the molecule is CNC(=O)N(C(=N)N)c1c(C)cc(OCc2ccccc2)cc1C.Cl. The van der Waals surface area contributed by atoms with Crippen molar-refractivity contribution in [3.05, 3.63) is 59.2 Å². The number of guanidine groups is 1. The van der Waals surface area contributed by atoms with Gasteiger partial charge >= 0.3 is 6.03 Å². The number of amides is 2. The first kappa shape index (κ1) is 20.3. The van der Waals surface area contributed by atoms with Crippen molar-refractivity contribution in [2.45, 2.75) is 20.5 Å². The first-order valence-electron chi connectivity index (χ1n) is 7.58. The van der Waals surface area contributed by atoms with Gasteiger partial charge in [-0.3, -0.25) is 5.41 Å². The summed E-state index contributed by atoms with van der Waals surface area (Å²) in [6.07, 6.45) is 0. The van der Waals surface area contributed by atoms with Gasteiger partial charge in [0.1, 0.15) is 12.4 Å². The van der Waals surface area contributed by atoms with E-state index in [-0.39, 0.29) is 18.4 Å². The zero-order valence-corrected chi connectivity index (χ0v) is 15.3. The predicted octanol–water partition coefficient (Wildman–Crippen LogP) is 3.34. The third kappa shape index (κ3) is 4.87. The number of ether oxygens (including phenoxy) is 1. The monoisotopic (exact) mass is 362 g/mol. The third-order valence-corrected chi connectivity index (χ3v) is 3.59. The summed E-state index contributed by atoms with van der Waals surface area (Å²) in [6, 6.07) is 13.1. The summed E-state index contributed by atoms with van der Waals surface area (Å²) in [5.41, 5.74) is 8.85. The molecule has 2 amide bonds. The van der Waals surface area contributed by atoms with Gasteiger partial charge in [-0.15, -0.1) is 12.4 Å². The molecule has 0 radical (unpaired) electrons. The maximum absolute atomic E-state index is 12.0. The zero-order valence-electron chi connectivity index (χ0n) is 14.5. The molecule has 0 spiro atoms. The molecule has 0 aliphatic heterocycles. The zero-order chi connectivity index (χ0) is 17.7. The Bertz CT molecular complexity index is 727. The second-order valence-electron chi connectivity index (χ2n) is 5.46. The minimum Gasteiger partial charge on any atom is -0.489 e. The molecular weight excluding hydrogens is 340 g/mol. The van der Waals surface area contributed by atoms with E-state index in [1.54, 1.807) is 0 Å². The molecule has 0 aliphatic rings. The van der Waals surface area contributed by atoms with Crippen molar-refractivity contribution >= 4 is 30.1 Å². The van der Waals surface area contributed by atoms with Crippen LogP contribution in [0.15, 0.2) is 42.5 Å². The van der Waals surface area contributed by atoms with Gasteiger partial charge in [-0.1, -0.05) is 30.3 Å². The number of aryl methyl sites for hydroxylation is 2. The number of urea groups is 1. The van der Waals surface area contributed by atoms with E-state index in [1.165, 1.54) is 7.05 Å². The van der Waals surface area contributed by atoms with E-state index in [2.05, 4.69) is 5.32 Å². The number of anilines is 1. The molecule has 0 aliphatic carbocycles. The van der Waals surface area contributed by atoms with Crippen molar-refractivity contribution in [1.82, 2.24) is 5.32 Å². The molecule has 2 rings (SSSR count). The number of rotatable bonds is 4. The van der Waals surface area contributed by atoms with Gasteiger partial charge in [0, 0.05) is 7.05 Å². The first-order chi connectivity index (χ1) is 11.4. The number of hydrogen-bond donors (Lipinski definition) is 3. The number of halogens is 1. The van der Waals surface area contributed by atoms with Gasteiger partial charge < -0.3 is 15.8 Å². The average molecular weight is 363 g/mol. The minimum atomic E-state index is -0.452. The van der Waals surface area contributed by atoms with Crippen LogP contribution in [0.2, 0.25) is 0 Å². The highest BCUT2D eigenvalue weighted by atomic mass is 35.5. The van der Waals surface area contributed by atoms with E-state index < -0.39 is 6.03 Å². The molecule has 0 aromatic heterocycles. The van der Waals surface area contributed by atoms with Gasteiger partial charge in [-0.05, 0) is 42.7 Å². The van der Waals surface area contributed by atoms with Crippen molar-refractivity contribution in [3.63, 3.8) is 0 Å². The fraction of sp³-hybridized carbons (Fsp3) is 0.222. The van der Waals surface area contributed by atoms with Crippen LogP contribution in [0.5, 0.6) is 5.75 Å². The number of carbonyl (C=O) groups excluding carboxylic acids is 1. The number of hydrogen-bond acceptors (Lipinski definition) is 3. The van der Waals surface area contributed by atoms with Gasteiger partial charge in [0.05, 0.1) is 5.69 Å². The van der Waals surface area contributed by atoms with Crippen molar-refractivity contribution < 1.29 is 9.53 Å². The summed E-state index contributed by atoms with van der Waals surface area (Å²) >= 11 is 0. The maximum Gasteiger partial charge on any atom is 0.328 e. The normalized spacial score (nSPS) is 9.72. The molecule has 7 heteroatoms. The first-order valence-corrected chi connectivity index (χ1v) is 7.58. The van der Waals surface area contributed by atoms with Crippen molar-refractivity contribution in [2.75, 3.05) is 11.9 Å². The summed E-state index contributed by atoms with van der Waals surface area (Å²) in [7, 11) is 1.50. The Morgan fingerprint density at radius 3 is 2.24 bits per heavy atom. The lowest BCUT2D eigenvalue weighted by molar-refractivity contribution is 0.251. The topological polar surface area (TPSA) is 91.4 Å². The van der Waals surface area contributed by atoms with Gasteiger partial charge in [0.2, 0.25) is 5.96 Å². The smallest absolute Gasteiger partial charge is 0.328 e. The van der Waals surface area contributed by atoms with Crippen molar-refractivity contribution in [1.29, 1.82) is 5.41 Å². The Kier molecular flexibility index (Phi) is 7.26. The number of nitrogens with zero attached hydrogens (tertiary/aromatic N) is 1. The molecule has 0 fully saturated rings. The maximum atomic E-state index is 12.0. The number of nitrogens with two attached hydrogens (primary N) is 1. The Balaban J connectivity index is 0.00000312. The minimum absolute atomic E-state index is 0. The van der Waals surface area contributed by atoms with E-state index in [4.69, 9.17) is 15.9 Å². The Labute approximate surface area is 153 Å². The molecular formula is C18H23ClN4O2. The molecule has 2 aromatic carbocycles. The summed E-state index contributed by atoms with van der Waals surface area (Å²) in [5.74, 6) is 0.372. The van der Waals surface area contributed by atoms with Crippen molar-refractivity contribution in [3.8, 4) is 5.75 Å². The quantitative estimate of drug-likeness (QED) is 0.575. The molecule has 0 saturated carbocycles. The molecule has 0 heterocycles. The van der Waals surface area contributed by atoms with E-state index in [9.17, 15) is 4.79 Å². The van der Waals surface area contributed by atoms with Crippen LogP contribution in [-0.2, 0) is 6.61 Å². The Morgan fingerprint density at radius 1 is 1.20 bits per heavy atom. The van der Waals surface area contributed by atoms with Gasteiger partial charge in [0.15, 0.2) is 0 Å². The van der Waals surface area contributed by atoms with Crippen LogP contribution in [0.25, 0.3) is 0 Å². The van der Waals surface area contributed by atoms with Crippen LogP contribution < -0.4 is 20.7 Å². The van der Waals surface area contributed by atoms with Gasteiger partial charge in [-0.25, -0.2) is 9.69 Å². The molecule has 0 bridgehead atoms. The summed E-state index contributed by atoms with van der Waals surface area (Å²) in [4.78, 5) is 13.2. The van der Waals surface area contributed by atoms with Crippen LogP contribution in [-0.4, -0.2) is 19.0 Å². The molecule has 6 nitrogen and oxygen atoms in total. The molecule has 0 saturated heterocycles. The predicted molar refractivity (Wildman–Crippen MR) is 103 cm³/mol. The highest BCUT2D eigenvalue weighted by Gasteiger charge is 2.22. The summed E-state index contributed by atoms with van der Waals surface area (Å²) in [5, 5.41) is 10.2. The fourth-order valence-electron chi connectivity index (χ4n) is 2.54. The van der Waals surface area contributed by atoms with Crippen molar-refractivity contribution in [2.24, 2.45) is 5.73 Å². The highest BCUT2D eigenvalue weighted by Crippen LogP contribution is 2.30. The largest absolute Gasteiger partial charge is 0.489 e. The summed E-state index contributed by atoms with van der Waals surface area (Å²) < 4.78 is 5.83. The molecule has 0 atom stereocenters. The standard InChI is InChI=1S/C18H22N4O2.ClH/c1-12-9-15(24-11-14-7-5-4-6-8-14)10-13(2)16(12)22(17(19)20)18(23)21-3;/h4-10H,11H2,1-3H3,(H3,19,20)(H,21,23);1H. The lowest BCUT2D eigenvalue weighted by Gasteiger charge is -2.24. The third-order valence-electron chi connectivity index (χ3n) is 3.59. The van der Waals surface area contributed by atoms with Gasteiger partial charge in [0.25, 0.3) is 0 Å². The molecule has 134 valence electrons. The van der Waals surface area contributed by atoms with E-state index in [1.807, 2.05) is 56.3 Å². The fourth-order valence-corrected chi connectivity index (χ4v) is 2.54. The Morgan fingerprint density at radius 2 is 1.76 bits per heavy atom. The lowest BCUT2D eigenvalue weighted by atomic mass is 10.1. The van der Waals surface area contributed by atoms with E-state index >= 15 is 0 Å². The average Bonchev–Trinajstić information content (AvgIpc) is 2.56. The second-order valence-corrected chi connectivity index (χ2v) is 5.46. The van der Waals surface area contributed by atoms with Crippen LogP contribution in [0.1, 0.15) is 16.7 Å². The number of nitrogens with one attached hydrogen (secondary N) is 2. The second kappa shape index (κ2) is 8.94. The Hall–Kier alpha value is -2.73.